The second-order valence-corrected chi connectivity index (χ2v) is 10.1. The van der Waals surface area contributed by atoms with Gasteiger partial charge in [0, 0.05) is 6.54 Å². The van der Waals surface area contributed by atoms with Gasteiger partial charge >= 0.3 is 6.09 Å². The first-order valence-corrected chi connectivity index (χ1v) is 13.6. The summed E-state index contributed by atoms with van der Waals surface area (Å²) < 4.78 is 5.35. The van der Waals surface area contributed by atoms with Crippen molar-refractivity contribution in [3.63, 3.8) is 0 Å². The maximum Gasteiger partial charge on any atom is 0.407 e. The topological polar surface area (TPSA) is 117 Å². The van der Waals surface area contributed by atoms with Gasteiger partial charge in [0.25, 0.3) is 0 Å². The Balaban J connectivity index is 2.06. The molecule has 1 aliphatic rings. The Labute approximate surface area is 215 Å². The summed E-state index contributed by atoms with van der Waals surface area (Å²) in [4.78, 5) is 37.9. The van der Waals surface area contributed by atoms with Crippen LogP contribution in [0, 0.1) is 5.92 Å². The van der Waals surface area contributed by atoms with E-state index in [0.717, 1.165) is 44.1 Å². The van der Waals surface area contributed by atoms with Crippen molar-refractivity contribution in [2.24, 2.45) is 5.92 Å². The molecule has 0 radical (unpaired) electrons. The van der Waals surface area contributed by atoms with Crippen LogP contribution in [-0.4, -0.2) is 54.4 Å². The molecular formula is C28H45N3O5. The average Bonchev–Trinajstić information content (AvgIpc) is 2.84. The summed E-state index contributed by atoms with van der Waals surface area (Å²) in [6.07, 6.45) is 7.95. The van der Waals surface area contributed by atoms with Crippen molar-refractivity contribution in [2.45, 2.75) is 103 Å². The fourth-order valence-corrected chi connectivity index (χ4v) is 4.39. The summed E-state index contributed by atoms with van der Waals surface area (Å²) in [6.45, 7) is 4.67. The number of ether oxygens (including phenoxy) is 1. The molecule has 1 fully saturated rings. The molecule has 0 aliphatic carbocycles. The van der Waals surface area contributed by atoms with Gasteiger partial charge in [0.2, 0.25) is 11.8 Å². The van der Waals surface area contributed by atoms with E-state index in [1.165, 1.54) is 19.3 Å². The zero-order chi connectivity index (χ0) is 26.2. The number of carbonyl (C=O) groups is 3. The number of rotatable bonds is 3. The molecule has 8 heteroatoms. The second-order valence-electron chi connectivity index (χ2n) is 10.1. The van der Waals surface area contributed by atoms with E-state index in [1.54, 1.807) is 0 Å². The number of hydrogen-bond donors (Lipinski definition) is 4. The molecule has 1 saturated heterocycles. The third kappa shape index (κ3) is 11.9. The van der Waals surface area contributed by atoms with E-state index in [4.69, 9.17) is 4.74 Å². The molecule has 1 aliphatic heterocycles. The van der Waals surface area contributed by atoms with Crippen LogP contribution in [0.25, 0.3) is 0 Å². The van der Waals surface area contributed by atoms with Gasteiger partial charge in [0.05, 0.1) is 25.2 Å². The minimum absolute atomic E-state index is 0.107. The second kappa shape index (κ2) is 17.0. The Kier molecular flexibility index (Phi) is 13.9. The van der Waals surface area contributed by atoms with Crippen molar-refractivity contribution < 1.29 is 24.2 Å². The molecule has 1 heterocycles. The van der Waals surface area contributed by atoms with Crippen LogP contribution in [0.3, 0.4) is 0 Å². The van der Waals surface area contributed by atoms with Gasteiger partial charge in [-0.3, -0.25) is 9.59 Å². The first-order valence-electron chi connectivity index (χ1n) is 13.6. The summed E-state index contributed by atoms with van der Waals surface area (Å²) in [5, 5.41) is 19.4. The number of nitrogens with one attached hydrogen (secondary N) is 3. The van der Waals surface area contributed by atoms with Gasteiger partial charge in [0.15, 0.2) is 0 Å². The van der Waals surface area contributed by atoms with Crippen LogP contribution >= 0.6 is 0 Å². The molecule has 8 nitrogen and oxygen atoms in total. The van der Waals surface area contributed by atoms with Crippen molar-refractivity contribution in [2.75, 3.05) is 13.2 Å². The molecule has 4 N–H and O–H groups in total. The summed E-state index contributed by atoms with van der Waals surface area (Å²) in [5.74, 6) is -0.755. The van der Waals surface area contributed by atoms with Crippen LogP contribution < -0.4 is 16.0 Å². The molecule has 1 aromatic rings. The molecule has 0 bridgehead atoms. The zero-order valence-corrected chi connectivity index (χ0v) is 22.0. The number of alkyl carbamates (subject to hydrolysis) is 1. The summed E-state index contributed by atoms with van der Waals surface area (Å²) >= 11 is 0. The Morgan fingerprint density at radius 2 is 1.50 bits per heavy atom. The maximum atomic E-state index is 12.8. The molecule has 202 valence electrons. The van der Waals surface area contributed by atoms with Crippen LogP contribution in [0.1, 0.15) is 83.6 Å². The smallest absolute Gasteiger partial charge is 0.407 e. The van der Waals surface area contributed by atoms with Crippen molar-refractivity contribution in [3.05, 3.63) is 35.9 Å². The molecule has 36 heavy (non-hydrogen) atoms. The number of carbonyl (C=O) groups excluding carboxylic acids is 3. The Hall–Kier alpha value is -2.61. The summed E-state index contributed by atoms with van der Waals surface area (Å²) in [5.41, 5.74) is 0.920. The summed E-state index contributed by atoms with van der Waals surface area (Å²) in [6, 6.07) is 8.07. The minimum atomic E-state index is -1.15. The van der Waals surface area contributed by atoms with Gasteiger partial charge in [0.1, 0.15) is 6.04 Å². The Bertz CT molecular complexity index is 787. The number of aliphatic hydroxyl groups excluding tert-OH is 1. The lowest BCUT2D eigenvalue weighted by Gasteiger charge is -2.26. The standard InChI is InChI=1S/C28H45N3O5/c1-21(2)26-27(34)29-17-13-8-6-4-3-5-7-9-14-18-36-28(35)30-23(24(32)20-25(33)31-26)19-22-15-11-10-12-16-22/h10-12,15-16,21,23-24,26,32H,3-9,13-14,17-20H2,1-2H3,(H,29,34)(H,30,35)(H,31,33)/t23-,24-,26-/m0/s1. The SMILES string of the molecule is CC(C)[C@@H]1NC(=O)C[C@H](O)[C@H](Cc2ccccc2)NC(=O)OCCCCCCCCCCCNC1=O. The fourth-order valence-electron chi connectivity index (χ4n) is 4.39. The predicted octanol–water partition coefficient (Wildman–Crippen LogP) is 3.86. The number of aliphatic hydroxyl groups is 1. The largest absolute Gasteiger partial charge is 0.450 e. The number of benzene rings is 1. The van der Waals surface area contributed by atoms with Crippen LogP contribution in [0.15, 0.2) is 30.3 Å². The molecule has 1 aromatic carbocycles. The predicted molar refractivity (Wildman–Crippen MR) is 140 cm³/mol. The first-order chi connectivity index (χ1) is 17.4. The van der Waals surface area contributed by atoms with Gasteiger partial charge in [-0.15, -0.1) is 0 Å². The van der Waals surface area contributed by atoms with Gasteiger partial charge in [-0.05, 0) is 30.7 Å². The lowest BCUT2D eigenvalue weighted by atomic mass is 9.98. The quantitative estimate of drug-likeness (QED) is 0.500. The molecule has 0 aromatic heterocycles. The average molecular weight is 504 g/mol. The number of cyclic esters (lactones) is 1. The zero-order valence-electron chi connectivity index (χ0n) is 22.0. The van der Waals surface area contributed by atoms with Crippen LogP contribution in [0.2, 0.25) is 0 Å². The fraction of sp³-hybridized carbons (Fsp3) is 0.679. The van der Waals surface area contributed by atoms with E-state index in [1.807, 2.05) is 44.2 Å². The third-order valence-corrected chi connectivity index (χ3v) is 6.58. The normalized spacial score (nSPS) is 24.9. The minimum Gasteiger partial charge on any atom is -0.450 e. The van der Waals surface area contributed by atoms with E-state index < -0.39 is 30.2 Å². The van der Waals surface area contributed by atoms with Gasteiger partial charge in [-0.2, -0.15) is 0 Å². The van der Waals surface area contributed by atoms with Gasteiger partial charge < -0.3 is 25.8 Å². The van der Waals surface area contributed by atoms with E-state index in [2.05, 4.69) is 16.0 Å². The van der Waals surface area contributed by atoms with E-state index in [9.17, 15) is 19.5 Å². The van der Waals surface area contributed by atoms with Crippen molar-refractivity contribution in [1.82, 2.24) is 16.0 Å². The van der Waals surface area contributed by atoms with Gasteiger partial charge in [-0.1, -0.05) is 89.1 Å². The van der Waals surface area contributed by atoms with Crippen LogP contribution in [0.5, 0.6) is 0 Å². The molecule has 3 amide bonds. The number of amides is 3. The van der Waals surface area contributed by atoms with E-state index in [-0.39, 0.29) is 18.2 Å². The van der Waals surface area contributed by atoms with Crippen LogP contribution in [-0.2, 0) is 20.7 Å². The van der Waals surface area contributed by atoms with Crippen molar-refractivity contribution >= 4 is 17.9 Å². The highest BCUT2D eigenvalue weighted by atomic mass is 16.5. The van der Waals surface area contributed by atoms with Crippen LogP contribution in [0.4, 0.5) is 4.79 Å². The van der Waals surface area contributed by atoms with Gasteiger partial charge in [-0.25, -0.2) is 4.79 Å². The summed E-state index contributed by atoms with van der Waals surface area (Å²) in [7, 11) is 0. The molecule has 0 saturated carbocycles. The van der Waals surface area contributed by atoms with Crippen molar-refractivity contribution in [1.29, 1.82) is 0 Å². The van der Waals surface area contributed by atoms with E-state index >= 15 is 0 Å². The van der Waals surface area contributed by atoms with E-state index in [0.29, 0.717) is 19.6 Å². The molecular weight excluding hydrogens is 458 g/mol. The molecule has 2 rings (SSSR count). The first kappa shape index (κ1) is 29.6. The highest BCUT2D eigenvalue weighted by molar-refractivity contribution is 5.88. The molecule has 0 spiro atoms. The molecule has 3 atom stereocenters. The molecule has 0 unspecified atom stereocenters. The highest BCUT2D eigenvalue weighted by Gasteiger charge is 2.28. The monoisotopic (exact) mass is 503 g/mol. The van der Waals surface area contributed by atoms with Crippen molar-refractivity contribution in [3.8, 4) is 0 Å². The Morgan fingerprint density at radius 1 is 0.889 bits per heavy atom. The lowest BCUT2D eigenvalue weighted by Crippen LogP contribution is -2.52. The lowest BCUT2D eigenvalue weighted by molar-refractivity contribution is -0.131. The Morgan fingerprint density at radius 3 is 2.14 bits per heavy atom. The highest BCUT2D eigenvalue weighted by Crippen LogP contribution is 2.12. The maximum absolute atomic E-state index is 12.8. The number of hydrogen-bond acceptors (Lipinski definition) is 5. The third-order valence-electron chi connectivity index (χ3n) is 6.58.